The van der Waals surface area contributed by atoms with Crippen molar-refractivity contribution in [3.63, 3.8) is 0 Å². The van der Waals surface area contributed by atoms with E-state index in [1.54, 1.807) is 26.8 Å². The molecule has 0 aliphatic carbocycles. The third kappa shape index (κ3) is 6.30. The summed E-state index contributed by atoms with van der Waals surface area (Å²) in [6.45, 7) is 4.56. The number of hydrogen-bond donors (Lipinski definition) is 2. The lowest BCUT2D eigenvalue weighted by molar-refractivity contribution is 0.445. The van der Waals surface area contributed by atoms with Crippen molar-refractivity contribution in [2.45, 2.75) is 38.0 Å². The molecule has 0 aromatic rings. The van der Waals surface area contributed by atoms with E-state index >= 15 is 0 Å². The molecule has 0 aliphatic heterocycles. The van der Waals surface area contributed by atoms with E-state index in [1.807, 2.05) is 0 Å². The Morgan fingerprint density at radius 3 is 2.11 bits per heavy atom. The molecule has 9 heteroatoms. The first kappa shape index (κ1) is 17.3. The standard InChI is InChI=1S/C9H19N3O4S2/c1-5-8(6-10)18(15,16)11-7-9(2,3)12-17(4,13)14/h8,11-12H,5,7H2,1-4H3. The fourth-order valence-electron chi connectivity index (χ4n) is 1.30. The monoisotopic (exact) mass is 297 g/mol. The number of rotatable bonds is 7. The number of nitrogens with zero attached hydrogens (tertiary/aromatic N) is 1. The van der Waals surface area contributed by atoms with Crippen LogP contribution in [0, 0.1) is 11.3 Å². The van der Waals surface area contributed by atoms with Crippen LogP contribution in [0.2, 0.25) is 0 Å². The van der Waals surface area contributed by atoms with Gasteiger partial charge < -0.3 is 0 Å². The second-order valence-electron chi connectivity index (χ2n) is 4.65. The summed E-state index contributed by atoms with van der Waals surface area (Å²) in [5.74, 6) is 0. The Hall–Kier alpha value is -0.690. The topological polar surface area (TPSA) is 116 Å². The van der Waals surface area contributed by atoms with Crippen LogP contribution in [-0.2, 0) is 20.0 Å². The molecule has 7 nitrogen and oxygen atoms in total. The van der Waals surface area contributed by atoms with Crippen molar-refractivity contribution in [2.24, 2.45) is 0 Å². The van der Waals surface area contributed by atoms with Crippen LogP contribution < -0.4 is 9.44 Å². The predicted octanol–water partition coefficient (Wildman–Crippen LogP) is -0.464. The van der Waals surface area contributed by atoms with Gasteiger partial charge in [-0.25, -0.2) is 26.3 Å². The van der Waals surface area contributed by atoms with Gasteiger partial charge in [-0.2, -0.15) is 5.26 Å². The van der Waals surface area contributed by atoms with Crippen molar-refractivity contribution >= 4 is 20.0 Å². The summed E-state index contributed by atoms with van der Waals surface area (Å²) in [5.41, 5.74) is -0.964. The van der Waals surface area contributed by atoms with Crippen LogP contribution in [0.5, 0.6) is 0 Å². The first-order valence-corrected chi connectivity index (χ1v) is 8.74. The Balaban J connectivity index is 4.73. The SMILES string of the molecule is CCC(C#N)S(=O)(=O)NCC(C)(C)NS(C)(=O)=O. The van der Waals surface area contributed by atoms with Crippen molar-refractivity contribution < 1.29 is 16.8 Å². The van der Waals surface area contributed by atoms with Gasteiger partial charge in [0, 0.05) is 12.1 Å². The van der Waals surface area contributed by atoms with Gasteiger partial charge in [-0.05, 0) is 20.3 Å². The molecule has 18 heavy (non-hydrogen) atoms. The van der Waals surface area contributed by atoms with Crippen LogP contribution in [-0.4, -0.2) is 40.4 Å². The van der Waals surface area contributed by atoms with Crippen LogP contribution in [0.3, 0.4) is 0 Å². The van der Waals surface area contributed by atoms with E-state index in [0.29, 0.717) is 0 Å². The largest absolute Gasteiger partial charge is 0.228 e. The number of nitrogens with one attached hydrogen (secondary N) is 2. The number of nitriles is 1. The summed E-state index contributed by atoms with van der Waals surface area (Å²) < 4.78 is 50.1. The molecule has 0 fully saturated rings. The number of sulfonamides is 2. The molecule has 1 atom stereocenters. The van der Waals surface area contributed by atoms with E-state index in [1.165, 1.54) is 0 Å². The summed E-state index contributed by atoms with van der Waals surface area (Å²) >= 11 is 0. The minimum atomic E-state index is -3.76. The lowest BCUT2D eigenvalue weighted by atomic mass is 10.1. The maximum atomic E-state index is 11.7. The lowest BCUT2D eigenvalue weighted by Gasteiger charge is -2.25. The molecule has 2 N–H and O–H groups in total. The molecule has 0 saturated heterocycles. The molecule has 0 bridgehead atoms. The molecule has 0 saturated carbocycles. The summed E-state index contributed by atoms with van der Waals surface area (Å²) in [4.78, 5) is 0. The van der Waals surface area contributed by atoms with Crippen LogP contribution in [0.4, 0.5) is 0 Å². The molecule has 0 aromatic heterocycles. The normalized spacial score (nSPS) is 15.1. The number of hydrogen-bond acceptors (Lipinski definition) is 5. The maximum absolute atomic E-state index is 11.7. The quantitative estimate of drug-likeness (QED) is 0.659. The lowest BCUT2D eigenvalue weighted by Crippen LogP contribution is -2.52. The zero-order valence-corrected chi connectivity index (χ0v) is 12.5. The molecule has 0 amide bonds. The molecule has 0 aromatic carbocycles. The van der Waals surface area contributed by atoms with Gasteiger partial charge in [0.05, 0.1) is 12.3 Å². The first-order valence-electron chi connectivity index (χ1n) is 5.30. The van der Waals surface area contributed by atoms with Gasteiger partial charge in [0.25, 0.3) is 0 Å². The summed E-state index contributed by atoms with van der Waals surface area (Å²) in [7, 11) is -7.19. The van der Waals surface area contributed by atoms with Crippen molar-refractivity contribution in [1.29, 1.82) is 5.26 Å². The summed E-state index contributed by atoms with van der Waals surface area (Å²) in [6.07, 6.45) is 1.17. The molecule has 0 radical (unpaired) electrons. The Kier molecular flexibility index (Phi) is 5.74. The molecular weight excluding hydrogens is 278 g/mol. The van der Waals surface area contributed by atoms with E-state index in [9.17, 15) is 16.8 Å². The van der Waals surface area contributed by atoms with Crippen LogP contribution >= 0.6 is 0 Å². The highest BCUT2D eigenvalue weighted by molar-refractivity contribution is 7.90. The Bertz CT molecular complexity index is 517. The van der Waals surface area contributed by atoms with E-state index in [4.69, 9.17) is 5.26 Å². The fourth-order valence-corrected chi connectivity index (χ4v) is 3.72. The van der Waals surface area contributed by atoms with Crippen molar-refractivity contribution in [1.82, 2.24) is 9.44 Å². The van der Waals surface area contributed by atoms with Gasteiger partial charge in [0.1, 0.15) is 0 Å². The van der Waals surface area contributed by atoms with Gasteiger partial charge in [-0.15, -0.1) is 0 Å². The third-order valence-corrected chi connectivity index (χ3v) is 4.72. The van der Waals surface area contributed by atoms with Gasteiger partial charge in [-0.3, -0.25) is 0 Å². The molecule has 0 heterocycles. The van der Waals surface area contributed by atoms with Gasteiger partial charge in [0.15, 0.2) is 5.25 Å². The molecular formula is C9H19N3O4S2. The van der Waals surface area contributed by atoms with Gasteiger partial charge in [-0.1, -0.05) is 6.92 Å². The van der Waals surface area contributed by atoms with E-state index in [2.05, 4.69) is 9.44 Å². The maximum Gasteiger partial charge on any atom is 0.228 e. The average Bonchev–Trinajstić information content (AvgIpc) is 2.13. The summed E-state index contributed by atoms with van der Waals surface area (Å²) in [6, 6.07) is 1.69. The third-order valence-electron chi connectivity index (χ3n) is 2.07. The zero-order chi connectivity index (χ0) is 14.6. The van der Waals surface area contributed by atoms with Gasteiger partial charge >= 0.3 is 0 Å². The second kappa shape index (κ2) is 5.97. The molecule has 106 valence electrons. The minimum absolute atomic E-state index is 0.124. The smallest absolute Gasteiger partial charge is 0.213 e. The fraction of sp³-hybridized carbons (Fsp3) is 0.889. The van der Waals surface area contributed by atoms with Crippen LogP contribution in [0.1, 0.15) is 27.2 Å². The Morgan fingerprint density at radius 2 is 1.78 bits per heavy atom. The van der Waals surface area contributed by atoms with E-state index in [0.717, 1.165) is 6.26 Å². The van der Waals surface area contributed by atoms with E-state index in [-0.39, 0.29) is 13.0 Å². The van der Waals surface area contributed by atoms with Crippen molar-refractivity contribution in [2.75, 3.05) is 12.8 Å². The Labute approximate surface area is 109 Å². The zero-order valence-electron chi connectivity index (χ0n) is 10.9. The highest BCUT2D eigenvalue weighted by Gasteiger charge is 2.28. The highest BCUT2D eigenvalue weighted by Crippen LogP contribution is 2.07. The molecule has 0 rings (SSSR count). The summed E-state index contributed by atoms with van der Waals surface area (Å²) in [5, 5.41) is 7.56. The minimum Gasteiger partial charge on any atom is -0.213 e. The first-order chi connectivity index (χ1) is 7.93. The Morgan fingerprint density at radius 1 is 1.28 bits per heavy atom. The molecule has 1 unspecified atom stereocenters. The van der Waals surface area contributed by atoms with Gasteiger partial charge in [0.2, 0.25) is 20.0 Å². The molecule has 0 aliphatic rings. The van der Waals surface area contributed by atoms with Crippen LogP contribution in [0.15, 0.2) is 0 Å². The predicted molar refractivity (Wildman–Crippen MR) is 68.7 cm³/mol. The average molecular weight is 297 g/mol. The van der Waals surface area contributed by atoms with Crippen LogP contribution in [0.25, 0.3) is 0 Å². The van der Waals surface area contributed by atoms with E-state index < -0.39 is 30.8 Å². The second-order valence-corrected chi connectivity index (χ2v) is 8.35. The van der Waals surface area contributed by atoms with Crippen molar-refractivity contribution in [3.8, 4) is 6.07 Å². The molecule has 0 spiro atoms. The van der Waals surface area contributed by atoms with Crippen molar-refractivity contribution in [3.05, 3.63) is 0 Å². The highest BCUT2D eigenvalue weighted by atomic mass is 32.2.